The summed E-state index contributed by atoms with van der Waals surface area (Å²) in [6.07, 6.45) is 1.96. The molecule has 138 valence electrons. The Labute approximate surface area is 148 Å². The van der Waals surface area contributed by atoms with Gasteiger partial charge in [0.25, 0.3) is 5.91 Å². The number of amides is 1. The van der Waals surface area contributed by atoms with E-state index in [1.54, 1.807) is 6.07 Å². The summed E-state index contributed by atoms with van der Waals surface area (Å²) in [5.41, 5.74) is 0.495. The van der Waals surface area contributed by atoms with Crippen LogP contribution in [0.3, 0.4) is 0 Å². The van der Waals surface area contributed by atoms with Crippen molar-refractivity contribution in [2.24, 2.45) is 11.3 Å². The normalized spacial score (nSPS) is 22.6. The second kappa shape index (κ2) is 7.30. The van der Waals surface area contributed by atoms with Gasteiger partial charge in [-0.15, -0.1) is 0 Å². The zero-order chi connectivity index (χ0) is 18.0. The molecule has 0 N–H and O–H groups in total. The van der Waals surface area contributed by atoms with Gasteiger partial charge in [0.1, 0.15) is 0 Å². The SMILES string of the molecule is COc1ccc(C(=O)N2C[C@@H](CN(C)C)C3(CCOCC3)C2)cc1F. The molecule has 0 radical (unpaired) electrons. The summed E-state index contributed by atoms with van der Waals surface area (Å²) in [6, 6.07) is 4.43. The molecule has 25 heavy (non-hydrogen) atoms. The van der Waals surface area contributed by atoms with E-state index < -0.39 is 5.82 Å². The molecule has 0 unspecified atom stereocenters. The highest BCUT2D eigenvalue weighted by atomic mass is 19.1. The number of methoxy groups -OCH3 is 1. The fourth-order valence-corrected chi connectivity index (χ4v) is 4.21. The van der Waals surface area contributed by atoms with E-state index in [1.807, 2.05) is 4.90 Å². The number of benzene rings is 1. The third-order valence-electron chi connectivity index (χ3n) is 5.57. The monoisotopic (exact) mass is 350 g/mol. The van der Waals surface area contributed by atoms with Gasteiger partial charge in [-0.05, 0) is 56.5 Å². The Kier molecular flexibility index (Phi) is 5.29. The van der Waals surface area contributed by atoms with Gasteiger partial charge in [-0.2, -0.15) is 0 Å². The lowest BCUT2D eigenvalue weighted by Crippen LogP contribution is -2.40. The van der Waals surface area contributed by atoms with Crippen LogP contribution in [0.4, 0.5) is 4.39 Å². The van der Waals surface area contributed by atoms with E-state index in [0.29, 0.717) is 18.0 Å². The Morgan fingerprint density at radius 1 is 1.40 bits per heavy atom. The predicted octanol–water partition coefficient (Wildman–Crippen LogP) is 2.26. The largest absolute Gasteiger partial charge is 0.494 e. The minimum atomic E-state index is -0.502. The fraction of sp³-hybridized carbons (Fsp3) is 0.632. The maximum Gasteiger partial charge on any atom is 0.253 e. The smallest absolute Gasteiger partial charge is 0.253 e. The Hall–Kier alpha value is -1.66. The maximum atomic E-state index is 14.0. The minimum Gasteiger partial charge on any atom is -0.494 e. The zero-order valence-electron chi connectivity index (χ0n) is 15.3. The van der Waals surface area contributed by atoms with Crippen molar-refractivity contribution < 1.29 is 18.7 Å². The van der Waals surface area contributed by atoms with Crippen LogP contribution in [0.25, 0.3) is 0 Å². The molecule has 2 saturated heterocycles. The molecule has 3 rings (SSSR count). The van der Waals surface area contributed by atoms with Gasteiger partial charge in [-0.3, -0.25) is 4.79 Å². The molecule has 0 bridgehead atoms. The Balaban J connectivity index is 1.80. The van der Waals surface area contributed by atoms with Crippen molar-refractivity contribution in [1.29, 1.82) is 0 Å². The van der Waals surface area contributed by atoms with Crippen LogP contribution in [0, 0.1) is 17.2 Å². The number of carbonyl (C=O) groups excluding carboxylic acids is 1. The molecule has 2 aliphatic rings. The molecule has 5 nitrogen and oxygen atoms in total. The number of ether oxygens (including phenoxy) is 2. The van der Waals surface area contributed by atoms with Gasteiger partial charge in [0.2, 0.25) is 0 Å². The summed E-state index contributed by atoms with van der Waals surface area (Å²) in [5.74, 6) is -0.0327. The first-order chi connectivity index (χ1) is 11.9. The summed E-state index contributed by atoms with van der Waals surface area (Å²) < 4.78 is 24.5. The van der Waals surface area contributed by atoms with Crippen LogP contribution in [-0.4, -0.2) is 69.8 Å². The van der Waals surface area contributed by atoms with Crippen molar-refractivity contribution >= 4 is 5.91 Å². The van der Waals surface area contributed by atoms with E-state index in [0.717, 1.165) is 39.1 Å². The van der Waals surface area contributed by atoms with Crippen LogP contribution in [0.15, 0.2) is 18.2 Å². The van der Waals surface area contributed by atoms with E-state index in [1.165, 1.54) is 19.2 Å². The number of likely N-dealkylation sites (tertiary alicyclic amines) is 1. The van der Waals surface area contributed by atoms with Crippen LogP contribution in [0.1, 0.15) is 23.2 Å². The first kappa shape index (κ1) is 18.1. The van der Waals surface area contributed by atoms with Crippen molar-refractivity contribution in [2.45, 2.75) is 12.8 Å². The molecule has 1 amide bonds. The number of rotatable bonds is 4. The van der Waals surface area contributed by atoms with Gasteiger partial charge in [0, 0.05) is 38.4 Å². The fourth-order valence-electron chi connectivity index (χ4n) is 4.21. The number of halogens is 1. The van der Waals surface area contributed by atoms with Gasteiger partial charge < -0.3 is 19.3 Å². The Morgan fingerprint density at radius 2 is 2.12 bits per heavy atom. The van der Waals surface area contributed by atoms with Crippen LogP contribution < -0.4 is 4.74 Å². The molecule has 2 aliphatic heterocycles. The summed E-state index contributed by atoms with van der Waals surface area (Å²) in [5, 5.41) is 0. The molecule has 0 aromatic heterocycles. The average Bonchev–Trinajstić information content (AvgIpc) is 2.92. The minimum absolute atomic E-state index is 0.103. The summed E-state index contributed by atoms with van der Waals surface area (Å²) in [4.78, 5) is 17.0. The van der Waals surface area contributed by atoms with Crippen LogP contribution in [-0.2, 0) is 4.74 Å². The van der Waals surface area contributed by atoms with E-state index in [2.05, 4.69) is 19.0 Å². The molecular formula is C19H27FN2O3. The highest BCUT2D eigenvalue weighted by Crippen LogP contribution is 2.44. The maximum absolute atomic E-state index is 14.0. The number of hydrogen-bond donors (Lipinski definition) is 0. The average molecular weight is 350 g/mol. The molecule has 1 spiro atoms. The zero-order valence-corrected chi connectivity index (χ0v) is 15.3. The van der Waals surface area contributed by atoms with Crippen molar-refractivity contribution in [2.75, 3.05) is 54.1 Å². The van der Waals surface area contributed by atoms with E-state index in [4.69, 9.17) is 9.47 Å². The quantitative estimate of drug-likeness (QED) is 0.835. The van der Waals surface area contributed by atoms with E-state index in [9.17, 15) is 9.18 Å². The van der Waals surface area contributed by atoms with Gasteiger partial charge >= 0.3 is 0 Å². The second-order valence-corrected chi connectivity index (χ2v) is 7.47. The first-order valence-electron chi connectivity index (χ1n) is 8.80. The van der Waals surface area contributed by atoms with Gasteiger partial charge in [0.05, 0.1) is 7.11 Å². The standard InChI is InChI=1S/C19H27FN2O3/c1-21(2)11-15-12-22(13-19(15)6-8-25-9-7-19)18(23)14-4-5-17(24-3)16(20)10-14/h4-5,10,15H,6-9,11-13H2,1-3H3/t15-/m1/s1. The molecule has 0 aliphatic carbocycles. The molecule has 0 saturated carbocycles. The van der Waals surface area contributed by atoms with Crippen molar-refractivity contribution in [1.82, 2.24) is 9.80 Å². The topological polar surface area (TPSA) is 42.0 Å². The van der Waals surface area contributed by atoms with Gasteiger partial charge in [-0.25, -0.2) is 4.39 Å². The highest BCUT2D eigenvalue weighted by Gasteiger charge is 2.48. The molecule has 1 aromatic carbocycles. The second-order valence-electron chi connectivity index (χ2n) is 7.47. The molecule has 2 heterocycles. The summed E-state index contributed by atoms with van der Waals surface area (Å²) >= 11 is 0. The molecule has 1 atom stereocenters. The molecule has 1 aromatic rings. The molecule has 6 heteroatoms. The third kappa shape index (κ3) is 3.65. The lowest BCUT2D eigenvalue weighted by Gasteiger charge is -2.38. The predicted molar refractivity (Wildman–Crippen MR) is 93.4 cm³/mol. The van der Waals surface area contributed by atoms with Crippen LogP contribution in [0.5, 0.6) is 5.75 Å². The number of hydrogen-bond acceptors (Lipinski definition) is 4. The lowest BCUT2D eigenvalue weighted by molar-refractivity contribution is -0.00451. The Morgan fingerprint density at radius 3 is 2.72 bits per heavy atom. The third-order valence-corrected chi connectivity index (χ3v) is 5.57. The van der Waals surface area contributed by atoms with Crippen molar-refractivity contribution in [3.8, 4) is 5.75 Å². The van der Waals surface area contributed by atoms with Crippen LogP contribution >= 0.6 is 0 Å². The number of nitrogens with zero attached hydrogens (tertiary/aromatic N) is 2. The molecular weight excluding hydrogens is 323 g/mol. The highest BCUT2D eigenvalue weighted by molar-refractivity contribution is 5.94. The first-order valence-corrected chi connectivity index (χ1v) is 8.80. The summed E-state index contributed by atoms with van der Waals surface area (Å²) in [6.45, 7) is 3.89. The van der Waals surface area contributed by atoms with E-state index >= 15 is 0 Å². The number of carbonyl (C=O) groups is 1. The van der Waals surface area contributed by atoms with Crippen LogP contribution in [0.2, 0.25) is 0 Å². The lowest BCUT2D eigenvalue weighted by atomic mass is 9.72. The van der Waals surface area contributed by atoms with Gasteiger partial charge in [0.15, 0.2) is 11.6 Å². The molecule has 2 fully saturated rings. The van der Waals surface area contributed by atoms with Crippen molar-refractivity contribution in [3.05, 3.63) is 29.6 Å². The summed E-state index contributed by atoms with van der Waals surface area (Å²) in [7, 11) is 5.55. The van der Waals surface area contributed by atoms with Gasteiger partial charge in [-0.1, -0.05) is 0 Å². The Bertz CT molecular complexity index is 629. The van der Waals surface area contributed by atoms with Crippen molar-refractivity contribution in [3.63, 3.8) is 0 Å². The van der Waals surface area contributed by atoms with E-state index in [-0.39, 0.29) is 17.1 Å².